The summed E-state index contributed by atoms with van der Waals surface area (Å²) < 4.78 is 5.18. The second-order valence-electron chi connectivity index (χ2n) is 8.40. The van der Waals surface area contributed by atoms with Gasteiger partial charge < -0.3 is 20.7 Å². The Kier molecular flexibility index (Phi) is 4.82. The SMILES string of the molecule is COc1ccc(NC(=O)[C@H]2C[C@H](C(C)C)[NH2+][C@]23C(=O)Nc2c(C)cccc23)cc1. The van der Waals surface area contributed by atoms with Crippen molar-refractivity contribution in [2.45, 2.75) is 38.8 Å². The Morgan fingerprint density at radius 1 is 1.24 bits per heavy atom. The molecule has 6 nitrogen and oxygen atoms in total. The van der Waals surface area contributed by atoms with Gasteiger partial charge in [-0.05, 0) is 36.8 Å². The summed E-state index contributed by atoms with van der Waals surface area (Å²) >= 11 is 0. The average Bonchev–Trinajstić information content (AvgIpc) is 3.24. The Morgan fingerprint density at radius 2 is 1.97 bits per heavy atom. The summed E-state index contributed by atoms with van der Waals surface area (Å²) in [6.45, 7) is 6.27. The first-order valence-corrected chi connectivity index (χ1v) is 10.1. The Morgan fingerprint density at radius 3 is 2.62 bits per heavy atom. The molecule has 1 fully saturated rings. The van der Waals surface area contributed by atoms with Crippen molar-refractivity contribution in [1.82, 2.24) is 0 Å². The zero-order valence-corrected chi connectivity index (χ0v) is 17.3. The van der Waals surface area contributed by atoms with E-state index in [2.05, 4.69) is 29.8 Å². The number of carbonyl (C=O) groups excluding carboxylic acids is 2. The fraction of sp³-hybridized carbons (Fsp3) is 0.391. The number of rotatable bonds is 4. The van der Waals surface area contributed by atoms with E-state index in [4.69, 9.17) is 4.74 Å². The van der Waals surface area contributed by atoms with Crippen molar-refractivity contribution in [3.05, 3.63) is 53.6 Å². The van der Waals surface area contributed by atoms with Crippen molar-refractivity contribution in [3.63, 3.8) is 0 Å². The van der Waals surface area contributed by atoms with Crippen LogP contribution in [-0.2, 0) is 15.1 Å². The maximum absolute atomic E-state index is 13.4. The van der Waals surface area contributed by atoms with E-state index in [0.29, 0.717) is 18.0 Å². The first-order chi connectivity index (χ1) is 13.9. The number of nitrogens with two attached hydrogens (primary N) is 1. The molecule has 29 heavy (non-hydrogen) atoms. The standard InChI is InChI=1S/C23H27N3O3/c1-13(2)19-12-18(21(27)24-15-8-10-16(29-4)11-9-15)23(26-19)17-7-5-6-14(3)20(17)25-22(23)28/h5-11,13,18-19,26H,12H2,1-4H3,(H,24,27)(H,25,28)/p+1/t18-,19-,23+/m1/s1. The van der Waals surface area contributed by atoms with Gasteiger partial charge in [-0.25, -0.2) is 0 Å². The largest absolute Gasteiger partial charge is 0.497 e. The van der Waals surface area contributed by atoms with Crippen LogP contribution in [0.3, 0.4) is 0 Å². The molecule has 2 aliphatic rings. The quantitative estimate of drug-likeness (QED) is 0.745. The van der Waals surface area contributed by atoms with E-state index >= 15 is 0 Å². The summed E-state index contributed by atoms with van der Waals surface area (Å²) in [5, 5.41) is 8.19. The van der Waals surface area contributed by atoms with Crippen LogP contribution < -0.4 is 20.7 Å². The van der Waals surface area contributed by atoms with Gasteiger partial charge in [-0.15, -0.1) is 0 Å². The number of hydrogen-bond acceptors (Lipinski definition) is 3. The van der Waals surface area contributed by atoms with Gasteiger partial charge in [-0.2, -0.15) is 0 Å². The summed E-state index contributed by atoms with van der Waals surface area (Å²) in [6.07, 6.45) is 0.653. The average molecular weight is 394 g/mol. The molecule has 0 aliphatic carbocycles. The van der Waals surface area contributed by atoms with Crippen molar-refractivity contribution in [1.29, 1.82) is 0 Å². The molecule has 0 unspecified atom stereocenters. The molecule has 4 rings (SSSR count). The predicted octanol–water partition coefficient (Wildman–Crippen LogP) is 2.40. The third-order valence-corrected chi connectivity index (χ3v) is 6.40. The number of hydrogen-bond donors (Lipinski definition) is 3. The third-order valence-electron chi connectivity index (χ3n) is 6.40. The van der Waals surface area contributed by atoms with E-state index in [1.807, 2.05) is 49.4 Å². The predicted molar refractivity (Wildman–Crippen MR) is 112 cm³/mol. The van der Waals surface area contributed by atoms with Crippen LogP contribution >= 0.6 is 0 Å². The Hall–Kier alpha value is -2.86. The number of nitrogens with one attached hydrogen (secondary N) is 2. The van der Waals surface area contributed by atoms with Crippen LogP contribution in [0.1, 0.15) is 31.4 Å². The lowest BCUT2D eigenvalue weighted by Gasteiger charge is -2.26. The Bertz CT molecular complexity index is 954. The van der Waals surface area contributed by atoms with Crippen molar-refractivity contribution >= 4 is 23.2 Å². The van der Waals surface area contributed by atoms with Gasteiger partial charge in [0.15, 0.2) is 0 Å². The molecule has 2 amide bonds. The number of benzene rings is 2. The van der Waals surface area contributed by atoms with Gasteiger partial charge >= 0.3 is 0 Å². The molecule has 2 heterocycles. The Balaban J connectivity index is 1.71. The van der Waals surface area contributed by atoms with Crippen LogP contribution in [0.15, 0.2) is 42.5 Å². The van der Waals surface area contributed by atoms with E-state index < -0.39 is 11.5 Å². The Labute approximate surface area is 171 Å². The zero-order chi connectivity index (χ0) is 20.8. The molecule has 3 atom stereocenters. The maximum atomic E-state index is 13.4. The van der Waals surface area contributed by atoms with E-state index in [9.17, 15) is 9.59 Å². The van der Waals surface area contributed by atoms with Crippen molar-refractivity contribution in [3.8, 4) is 5.75 Å². The number of carbonyl (C=O) groups is 2. The molecule has 152 valence electrons. The van der Waals surface area contributed by atoms with Crippen LogP contribution in [-0.4, -0.2) is 25.0 Å². The van der Waals surface area contributed by atoms with Gasteiger partial charge in [0, 0.05) is 23.6 Å². The van der Waals surface area contributed by atoms with Gasteiger partial charge in [0.2, 0.25) is 11.4 Å². The highest BCUT2D eigenvalue weighted by Crippen LogP contribution is 2.45. The summed E-state index contributed by atoms with van der Waals surface area (Å²) in [7, 11) is 1.61. The van der Waals surface area contributed by atoms with Crippen LogP contribution in [0.2, 0.25) is 0 Å². The molecule has 0 aromatic heterocycles. The first kappa shape index (κ1) is 19.5. The molecule has 0 radical (unpaired) electrons. The minimum atomic E-state index is -0.924. The topological polar surface area (TPSA) is 84.0 Å². The van der Waals surface area contributed by atoms with E-state index in [1.165, 1.54) is 0 Å². The summed E-state index contributed by atoms with van der Waals surface area (Å²) in [5.74, 6) is 0.402. The van der Waals surface area contributed by atoms with E-state index in [-0.39, 0.29) is 17.9 Å². The minimum Gasteiger partial charge on any atom is -0.497 e. The lowest BCUT2D eigenvalue weighted by molar-refractivity contribution is -0.736. The lowest BCUT2D eigenvalue weighted by Crippen LogP contribution is -2.99. The smallest absolute Gasteiger partial charge is 0.291 e. The normalized spacial score (nSPS) is 25.2. The molecular weight excluding hydrogens is 366 g/mol. The summed E-state index contributed by atoms with van der Waals surface area (Å²) in [4.78, 5) is 26.7. The molecule has 0 saturated carbocycles. The second kappa shape index (κ2) is 7.19. The molecule has 1 saturated heterocycles. The fourth-order valence-electron chi connectivity index (χ4n) is 4.69. The highest BCUT2D eigenvalue weighted by Gasteiger charge is 2.64. The van der Waals surface area contributed by atoms with Gasteiger partial charge in [0.05, 0.1) is 18.8 Å². The molecule has 2 aromatic carbocycles. The maximum Gasteiger partial charge on any atom is 0.291 e. The molecule has 2 aliphatic heterocycles. The van der Waals surface area contributed by atoms with Gasteiger partial charge in [0.25, 0.3) is 5.91 Å². The minimum absolute atomic E-state index is 0.0974. The molecular formula is C23H28N3O3+. The number of aryl methyl sites for hydroxylation is 1. The second-order valence-corrected chi connectivity index (χ2v) is 8.40. The highest BCUT2D eigenvalue weighted by molar-refractivity contribution is 6.09. The van der Waals surface area contributed by atoms with Gasteiger partial charge in [-0.3, -0.25) is 9.59 Å². The van der Waals surface area contributed by atoms with Crippen molar-refractivity contribution in [2.24, 2.45) is 11.8 Å². The lowest BCUT2D eigenvalue weighted by atomic mass is 9.79. The first-order valence-electron chi connectivity index (χ1n) is 10.1. The van der Waals surface area contributed by atoms with Crippen LogP contribution in [0, 0.1) is 18.8 Å². The van der Waals surface area contributed by atoms with Gasteiger partial charge in [-0.1, -0.05) is 32.0 Å². The van der Waals surface area contributed by atoms with Crippen molar-refractivity contribution in [2.75, 3.05) is 17.7 Å². The molecule has 0 bridgehead atoms. The fourth-order valence-corrected chi connectivity index (χ4v) is 4.69. The number of methoxy groups -OCH3 is 1. The number of anilines is 2. The zero-order valence-electron chi connectivity index (χ0n) is 17.3. The molecule has 1 spiro atoms. The highest BCUT2D eigenvalue weighted by atomic mass is 16.5. The molecule has 4 N–H and O–H groups in total. The molecule has 6 heteroatoms. The van der Waals surface area contributed by atoms with Crippen LogP contribution in [0.25, 0.3) is 0 Å². The third kappa shape index (κ3) is 3.08. The number of quaternary nitrogens is 1. The number of amides is 2. The van der Waals surface area contributed by atoms with Gasteiger partial charge in [0.1, 0.15) is 11.7 Å². The number of para-hydroxylation sites is 1. The monoisotopic (exact) mass is 394 g/mol. The summed E-state index contributed by atoms with van der Waals surface area (Å²) in [5.41, 5.74) is 2.55. The van der Waals surface area contributed by atoms with Crippen LogP contribution in [0.5, 0.6) is 5.75 Å². The van der Waals surface area contributed by atoms with E-state index in [1.54, 1.807) is 7.11 Å². The molecule has 2 aromatic rings. The summed E-state index contributed by atoms with van der Waals surface area (Å²) in [6, 6.07) is 13.4. The number of fused-ring (bicyclic) bond motifs is 2. The number of ether oxygens (including phenoxy) is 1. The van der Waals surface area contributed by atoms with E-state index in [0.717, 1.165) is 22.6 Å². The van der Waals surface area contributed by atoms with Crippen molar-refractivity contribution < 1.29 is 19.6 Å². The van der Waals surface area contributed by atoms with Crippen LogP contribution in [0.4, 0.5) is 11.4 Å².